The second-order valence-electron chi connectivity index (χ2n) is 9.23. The van der Waals surface area contributed by atoms with Gasteiger partial charge in [0.2, 0.25) is 0 Å². The number of benzene rings is 2. The van der Waals surface area contributed by atoms with Gasteiger partial charge in [-0.05, 0) is 60.6 Å². The first-order valence-corrected chi connectivity index (χ1v) is 12.2. The number of hydrazone groups is 1. The number of hydrogen-bond donors (Lipinski definition) is 1. The highest BCUT2D eigenvalue weighted by molar-refractivity contribution is 6.41. The summed E-state index contributed by atoms with van der Waals surface area (Å²) >= 11 is 12.7. The first-order valence-electron chi connectivity index (χ1n) is 11.5. The minimum absolute atomic E-state index is 0.145. The molecule has 0 spiro atoms. The Morgan fingerprint density at radius 2 is 1.79 bits per heavy atom. The van der Waals surface area contributed by atoms with Crippen LogP contribution in [0.1, 0.15) is 37.8 Å². The smallest absolute Gasteiger partial charge is 0.282 e. The molecular weight excluding hydrogens is 459 g/mol. The van der Waals surface area contributed by atoms with E-state index in [0.29, 0.717) is 33.3 Å². The number of carbonyl (C=O) groups is 1. The molecule has 0 bridgehead atoms. The standard InChI is InChI=1S/C25H28Cl2N4O2/c1-15-23(25(32)29-30-13-17-4-3-5-18(17)14-30)28-31(22-11-8-19(26)12-21(22)27)24(15)16-6-9-20(33-2)10-7-16/h6-12,15,17-18,24H,3-5,13-14H2,1-2H3,(H,29,32)/t15-,17?,18?,24+/m0/s1. The highest BCUT2D eigenvalue weighted by Crippen LogP contribution is 2.43. The molecule has 2 aromatic carbocycles. The number of rotatable bonds is 5. The molecule has 6 nitrogen and oxygen atoms in total. The van der Waals surface area contributed by atoms with Crippen LogP contribution < -0.4 is 15.2 Å². The Bertz CT molecular complexity index is 1060. The van der Waals surface area contributed by atoms with Gasteiger partial charge in [-0.1, -0.05) is 48.7 Å². The first-order chi connectivity index (χ1) is 15.9. The summed E-state index contributed by atoms with van der Waals surface area (Å²) in [6.45, 7) is 3.88. The third-order valence-electron chi connectivity index (χ3n) is 7.22. The number of anilines is 1. The molecule has 4 atom stereocenters. The van der Waals surface area contributed by atoms with E-state index in [1.807, 2.05) is 42.3 Å². The van der Waals surface area contributed by atoms with E-state index in [4.69, 9.17) is 33.0 Å². The summed E-state index contributed by atoms with van der Waals surface area (Å²) in [4.78, 5) is 13.3. The SMILES string of the molecule is COc1ccc([C@H]2[C@@H](C)C(C(=O)NN3CC4CCCC4C3)=NN2c2ccc(Cl)cc2Cl)cc1. The number of amides is 1. The number of carbonyl (C=O) groups excluding carboxylic acids is 1. The first kappa shape index (κ1) is 22.5. The van der Waals surface area contributed by atoms with Gasteiger partial charge in [0.15, 0.2) is 0 Å². The van der Waals surface area contributed by atoms with Gasteiger partial charge in [-0.2, -0.15) is 5.10 Å². The third-order valence-corrected chi connectivity index (χ3v) is 7.75. The molecule has 5 rings (SSSR count). The molecular formula is C25H28Cl2N4O2. The van der Waals surface area contributed by atoms with Gasteiger partial charge in [-0.15, -0.1) is 0 Å². The molecule has 8 heteroatoms. The molecule has 2 unspecified atom stereocenters. The summed E-state index contributed by atoms with van der Waals surface area (Å²) in [5, 5.41) is 9.76. The zero-order chi connectivity index (χ0) is 23.1. The lowest BCUT2D eigenvalue weighted by molar-refractivity contribution is -0.119. The molecule has 3 aliphatic rings. The van der Waals surface area contributed by atoms with Gasteiger partial charge in [0.05, 0.1) is 23.9 Å². The Morgan fingerprint density at radius 1 is 1.09 bits per heavy atom. The van der Waals surface area contributed by atoms with E-state index in [9.17, 15) is 4.79 Å². The molecule has 0 aromatic heterocycles. The predicted molar refractivity (Wildman–Crippen MR) is 132 cm³/mol. The molecule has 1 saturated carbocycles. The van der Waals surface area contributed by atoms with Gasteiger partial charge in [-0.25, -0.2) is 5.01 Å². The van der Waals surface area contributed by atoms with Crippen LogP contribution in [0.4, 0.5) is 5.69 Å². The van der Waals surface area contributed by atoms with Gasteiger partial charge in [0, 0.05) is 24.0 Å². The molecule has 2 fully saturated rings. The van der Waals surface area contributed by atoms with Crippen molar-refractivity contribution in [3.8, 4) is 5.75 Å². The van der Waals surface area contributed by atoms with Gasteiger partial charge >= 0.3 is 0 Å². The summed E-state index contributed by atoms with van der Waals surface area (Å²) in [5.74, 6) is 1.88. The number of ether oxygens (including phenoxy) is 1. The fourth-order valence-electron chi connectivity index (χ4n) is 5.51. The van der Waals surface area contributed by atoms with E-state index in [2.05, 4.69) is 10.4 Å². The molecule has 1 amide bonds. The number of halogens is 2. The lowest BCUT2D eigenvalue weighted by Gasteiger charge is -2.27. The van der Waals surface area contributed by atoms with Crippen LogP contribution in [0.25, 0.3) is 0 Å². The van der Waals surface area contributed by atoms with Crippen LogP contribution in [0.3, 0.4) is 0 Å². The number of methoxy groups -OCH3 is 1. The summed E-state index contributed by atoms with van der Waals surface area (Å²) in [6, 6.07) is 13.0. The summed E-state index contributed by atoms with van der Waals surface area (Å²) in [6.07, 6.45) is 3.83. The summed E-state index contributed by atoms with van der Waals surface area (Å²) < 4.78 is 5.32. The van der Waals surface area contributed by atoms with E-state index in [1.54, 1.807) is 19.2 Å². The Morgan fingerprint density at radius 3 is 2.42 bits per heavy atom. The number of fused-ring (bicyclic) bond motifs is 1. The van der Waals surface area contributed by atoms with Crippen LogP contribution in [0.15, 0.2) is 47.6 Å². The van der Waals surface area contributed by atoms with E-state index < -0.39 is 0 Å². The normalized spacial score (nSPS) is 26.9. The van der Waals surface area contributed by atoms with Gasteiger partial charge in [0.25, 0.3) is 5.91 Å². The number of nitrogens with zero attached hydrogens (tertiary/aromatic N) is 3. The predicted octanol–water partition coefficient (Wildman–Crippen LogP) is 5.32. The van der Waals surface area contributed by atoms with Gasteiger partial charge in [0.1, 0.15) is 11.5 Å². The third kappa shape index (κ3) is 4.32. The highest BCUT2D eigenvalue weighted by Gasteiger charge is 2.42. The molecule has 174 valence electrons. The van der Waals surface area contributed by atoms with Crippen LogP contribution in [0, 0.1) is 17.8 Å². The van der Waals surface area contributed by atoms with Crippen molar-refractivity contribution >= 4 is 40.5 Å². The van der Waals surface area contributed by atoms with E-state index in [1.165, 1.54) is 19.3 Å². The quantitative estimate of drug-likeness (QED) is 0.621. The Balaban J connectivity index is 1.44. The topological polar surface area (TPSA) is 57.2 Å². The van der Waals surface area contributed by atoms with Crippen molar-refractivity contribution < 1.29 is 9.53 Å². The minimum Gasteiger partial charge on any atom is -0.497 e. The van der Waals surface area contributed by atoms with Gasteiger partial charge < -0.3 is 4.74 Å². The van der Waals surface area contributed by atoms with Crippen LogP contribution in [-0.2, 0) is 4.79 Å². The summed E-state index contributed by atoms with van der Waals surface area (Å²) in [7, 11) is 1.64. The maximum absolute atomic E-state index is 13.3. The van der Waals surface area contributed by atoms with Crippen molar-refractivity contribution in [3.63, 3.8) is 0 Å². The van der Waals surface area contributed by atoms with Crippen LogP contribution in [0.2, 0.25) is 10.0 Å². The van der Waals surface area contributed by atoms with Crippen LogP contribution >= 0.6 is 23.2 Å². The van der Waals surface area contributed by atoms with E-state index in [-0.39, 0.29) is 17.9 Å². The number of hydrogen-bond acceptors (Lipinski definition) is 5. The van der Waals surface area contributed by atoms with Gasteiger partial charge in [-0.3, -0.25) is 15.2 Å². The zero-order valence-electron chi connectivity index (χ0n) is 18.8. The Hall–Kier alpha value is -2.28. The lowest BCUT2D eigenvalue weighted by atomic mass is 9.91. The average molecular weight is 487 g/mol. The fraction of sp³-hybridized carbons (Fsp3) is 0.440. The van der Waals surface area contributed by atoms with Crippen molar-refractivity contribution in [1.29, 1.82) is 0 Å². The lowest BCUT2D eigenvalue weighted by Crippen LogP contribution is -2.45. The molecule has 1 saturated heterocycles. The van der Waals surface area contributed by atoms with E-state index >= 15 is 0 Å². The van der Waals surface area contributed by atoms with Crippen LogP contribution in [-0.4, -0.2) is 36.8 Å². The van der Waals surface area contributed by atoms with E-state index in [0.717, 1.165) is 24.4 Å². The molecule has 0 radical (unpaired) electrons. The molecule has 33 heavy (non-hydrogen) atoms. The maximum atomic E-state index is 13.3. The number of hydrazine groups is 1. The molecule has 2 heterocycles. The molecule has 1 aliphatic carbocycles. The fourth-order valence-corrected chi connectivity index (χ4v) is 6.01. The largest absolute Gasteiger partial charge is 0.497 e. The Kier molecular flexibility index (Phi) is 6.25. The molecule has 1 N–H and O–H groups in total. The summed E-state index contributed by atoms with van der Waals surface area (Å²) in [5.41, 5.74) is 5.37. The van der Waals surface area contributed by atoms with Crippen LogP contribution in [0.5, 0.6) is 5.75 Å². The van der Waals surface area contributed by atoms with Crippen molar-refractivity contribution in [2.45, 2.75) is 32.2 Å². The van der Waals surface area contributed by atoms with Crippen molar-refractivity contribution in [2.24, 2.45) is 22.9 Å². The Labute approximate surface area is 204 Å². The molecule has 2 aliphatic heterocycles. The number of nitrogens with one attached hydrogen (secondary N) is 1. The second kappa shape index (κ2) is 9.16. The highest BCUT2D eigenvalue weighted by atomic mass is 35.5. The van der Waals surface area contributed by atoms with Crippen molar-refractivity contribution in [2.75, 3.05) is 25.2 Å². The molecule has 2 aromatic rings. The minimum atomic E-state index is -0.187. The average Bonchev–Trinajstić information content (AvgIpc) is 3.47. The second-order valence-corrected chi connectivity index (χ2v) is 10.1. The maximum Gasteiger partial charge on any atom is 0.282 e. The zero-order valence-corrected chi connectivity index (χ0v) is 20.3. The monoisotopic (exact) mass is 486 g/mol. The van der Waals surface area contributed by atoms with Crippen molar-refractivity contribution in [3.05, 3.63) is 58.1 Å². The van der Waals surface area contributed by atoms with Crippen molar-refractivity contribution in [1.82, 2.24) is 10.4 Å².